The van der Waals surface area contributed by atoms with Crippen molar-refractivity contribution in [2.45, 2.75) is 46.0 Å². The van der Waals surface area contributed by atoms with E-state index in [1.165, 1.54) is 19.3 Å². The summed E-state index contributed by atoms with van der Waals surface area (Å²) in [5.74, 6) is 2.24. The minimum Gasteiger partial charge on any atom is -0.384 e. The van der Waals surface area contributed by atoms with E-state index in [4.69, 9.17) is 5.73 Å². The highest BCUT2D eigenvalue weighted by Gasteiger charge is 2.01. The molecule has 0 amide bonds. The Morgan fingerprint density at radius 3 is 2.69 bits per heavy atom. The second-order valence-corrected chi connectivity index (χ2v) is 3.98. The molecule has 1 aromatic heterocycles. The van der Waals surface area contributed by atoms with Crippen LogP contribution in [0.5, 0.6) is 0 Å². The van der Waals surface area contributed by atoms with Crippen LogP contribution in [0.1, 0.15) is 45.4 Å². The molecule has 0 aliphatic rings. The van der Waals surface area contributed by atoms with Crippen molar-refractivity contribution in [3.8, 4) is 0 Å². The zero-order valence-electron chi connectivity index (χ0n) is 10.3. The molecule has 0 saturated heterocycles. The fourth-order valence-electron chi connectivity index (χ4n) is 1.54. The molecule has 0 bridgehead atoms. The van der Waals surface area contributed by atoms with Crippen LogP contribution in [-0.2, 0) is 6.42 Å². The van der Waals surface area contributed by atoms with Gasteiger partial charge in [-0.1, -0.05) is 26.7 Å². The van der Waals surface area contributed by atoms with Crippen LogP contribution >= 0.6 is 0 Å². The number of hydrogen-bond acceptors (Lipinski definition) is 4. The summed E-state index contributed by atoms with van der Waals surface area (Å²) in [6.45, 7) is 5.26. The molecule has 0 fully saturated rings. The van der Waals surface area contributed by atoms with Gasteiger partial charge < -0.3 is 11.1 Å². The summed E-state index contributed by atoms with van der Waals surface area (Å²) < 4.78 is 0. The predicted molar refractivity (Wildman–Crippen MR) is 68.5 cm³/mol. The molecule has 0 aliphatic heterocycles. The van der Waals surface area contributed by atoms with Crippen molar-refractivity contribution in [2.75, 3.05) is 17.6 Å². The first-order valence-electron chi connectivity index (χ1n) is 6.13. The Kier molecular flexibility index (Phi) is 5.61. The number of nitrogens with one attached hydrogen (secondary N) is 1. The smallest absolute Gasteiger partial charge is 0.133 e. The van der Waals surface area contributed by atoms with E-state index in [1.807, 2.05) is 0 Å². The lowest BCUT2D eigenvalue weighted by molar-refractivity contribution is 0.740. The third-order valence-electron chi connectivity index (χ3n) is 2.35. The maximum absolute atomic E-state index is 5.73. The van der Waals surface area contributed by atoms with Crippen molar-refractivity contribution in [1.82, 2.24) is 9.97 Å². The van der Waals surface area contributed by atoms with Crippen LogP contribution in [0.4, 0.5) is 11.6 Å². The largest absolute Gasteiger partial charge is 0.384 e. The molecule has 90 valence electrons. The maximum atomic E-state index is 5.73. The Labute approximate surface area is 97.7 Å². The quantitative estimate of drug-likeness (QED) is 0.696. The fraction of sp³-hybridized carbons (Fsp3) is 0.667. The van der Waals surface area contributed by atoms with Crippen LogP contribution in [-0.4, -0.2) is 16.5 Å². The number of unbranched alkanes of at least 4 members (excludes halogenated alkanes) is 2. The first kappa shape index (κ1) is 12.7. The molecule has 4 nitrogen and oxygen atoms in total. The van der Waals surface area contributed by atoms with Crippen LogP contribution in [0, 0.1) is 0 Å². The molecule has 0 spiro atoms. The van der Waals surface area contributed by atoms with Gasteiger partial charge in [0.2, 0.25) is 0 Å². The zero-order chi connectivity index (χ0) is 11.8. The van der Waals surface area contributed by atoms with Gasteiger partial charge in [0.1, 0.15) is 17.5 Å². The molecule has 0 aromatic carbocycles. The van der Waals surface area contributed by atoms with E-state index in [2.05, 4.69) is 29.1 Å². The normalized spacial score (nSPS) is 10.4. The van der Waals surface area contributed by atoms with Crippen LogP contribution in [0.3, 0.4) is 0 Å². The van der Waals surface area contributed by atoms with Gasteiger partial charge in [-0.05, 0) is 12.8 Å². The Morgan fingerprint density at radius 1 is 1.19 bits per heavy atom. The van der Waals surface area contributed by atoms with E-state index in [9.17, 15) is 0 Å². The van der Waals surface area contributed by atoms with Gasteiger partial charge in [-0.2, -0.15) is 0 Å². The standard InChI is InChI=1S/C12H22N4/c1-3-5-6-8-14-12-9-10(13)15-11(16-12)7-4-2/h9H,3-8H2,1-2H3,(H3,13,14,15,16). The van der Waals surface area contributed by atoms with Crippen molar-refractivity contribution in [3.63, 3.8) is 0 Å². The lowest BCUT2D eigenvalue weighted by Gasteiger charge is -2.07. The molecule has 0 radical (unpaired) electrons. The van der Waals surface area contributed by atoms with Crippen LogP contribution in [0.2, 0.25) is 0 Å². The van der Waals surface area contributed by atoms with Gasteiger partial charge in [-0.3, -0.25) is 0 Å². The lowest BCUT2D eigenvalue weighted by Crippen LogP contribution is -2.07. The van der Waals surface area contributed by atoms with Crippen LogP contribution in [0.25, 0.3) is 0 Å². The maximum Gasteiger partial charge on any atom is 0.133 e. The number of nitrogens with two attached hydrogens (primary N) is 1. The number of hydrogen-bond donors (Lipinski definition) is 2. The minimum atomic E-state index is 0.552. The van der Waals surface area contributed by atoms with Gasteiger partial charge in [0.05, 0.1) is 0 Å². The second kappa shape index (κ2) is 7.04. The zero-order valence-corrected chi connectivity index (χ0v) is 10.3. The molecular formula is C12H22N4. The number of rotatable bonds is 7. The van der Waals surface area contributed by atoms with Gasteiger partial charge in [0, 0.05) is 19.0 Å². The summed E-state index contributed by atoms with van der Waals surface area (Å²) in [5, 5.41) is 3.29. The Balaban J connectivity index is 2.51. The third kappa shape index (κ3) is 4.47. The van der Waals surface area contributed by atoms with Gasteiger partial charge in [-0.25, -0.2) is 9.97 Å². The monoisotopic (exact) mass is 222 g/mol. The van der Waals surface area contributed by atoms with Crippen molar-refractivity contribution in [2.24, 2.45) is 0 Å². The molecular weight excluding hydrogens is 200 g/mol. The summed E-state index contributed by atoms with van der Waals surface area (Å²) in [7, 11) is 0. The molecule has 4 heteroatoms. The highest BCUT2D eigenvalue weighted by Crippen LogP contribution is 2.09. The van der Waals surface area contributed by atoms with Crippen molar-refractivity contribution in [1.29, 1.82) is 0 Å². The molecule has 0 aliphatic carbocycles. The highest BCUT2D eigenvalue weighted by atomic mass is 15.0. The van der Waals surface area contributed by atoms with E-state index < -0.39 is 0 Å². The van der Waals surface area contributed by atoms with Gasteiger partial charge in [-0.15, -0.1) is 0 Å². The topological polar surface area (TPSA) is 63.8 Å². The second-order valence-electron chi connectivity index (χ2n) is 3.98. The lowest BCUT2D eigenvalue weighted by atomic mass is 10.2. The van der Waals surface area contributed by atoms with Gasteiger partial charge in [0.25, 0.3) is 0 Å². The summed E-state index contributed by atoms with van der Waals surface area (Å²) in [4.78, 5) is 8.61. The van der Waals surface area contributed by atoms with Gasteiger partial charge >= 0.3 is 0 Å². The SMILES string of the molecule is CCCCCNc1cc(N)nc(CCC)n1. The van der Waals surface area contributed by atoms with E-state index in [-0.39, 0.29) is 0 Å². The number of nitrogen functional groups attached to an aromatic ring is 1. The third-order valence-corrected chi connectivity index (χ3v) is 2.35. The number of anilines is 2. The molecule has 0 saturated carbocycles. The van der Waals surface area contributed by atoms with Crippen LogP contribution in [0.15, 0.2) is 6.07 Å². The molecule has 16 heavy (non-hydrogen) atoms. The fourth-order valence-corrected chi connectivity index (χ4v) is 1.54. The number of aryl methyl sites for hydroxylation is 1. The first-order chi connectivity index (χ1) is 7.76. The molecule has 1 heterocycles. The first-order valence-corrected chi connectivity index (χ1v) is 6.13. The van der Waals surface area contributed by atoms with Gasteiger partial charge in [0.15, 0.2) is 0 Å². The Morgan fingerprint density at radius 2 is 2.00 bits per heavy atom. The molecule has 1 aromatic rings. The predicted octanol–water partition coefficient (Wildman–Crippen LogP) is 2.61. The molecule has 0 unspecified atom stereocenters. The summed E-state index contributed by atoms with van der Waals surface area (Å²) in [6, 6.07) is 1.80. The average Bonchev–Trinajstić information content (AvgIpc) is 2.24. The van der Waals surface area contributed by atoms with E-state index in [0.717, 1.165) is 31.0 Å². The number of nitrogens with zero attached hydrogens (tertiary/aromatic N) is 2. The molecule has 1 rings (SSSR count). The number of aromatic nitrogens is 2. The summed E-state index contributed by atoms with van der Waals surface area (Å²) >= 11 is 0. The molecule has 0 atom stereocenters. The molecule has 3 N–H and O–H groups in total. The Hall–Kier alpha value is -1.32. The average molecular weight is 222 g/mol. The van der Waals surface area contributed by atoms with Crippen molar-refractivity contribution >= 4 is 11.6 Å². The summed E-state index contributed by atoms with van der Waals surface area (Å²) in [5.41, 5.74) is 5.73. The van der Waals surface area contributed by atoms with Crippen molar-refractivity contribution < 1.29 is 0 Å². The van der Waals surface area contributed by atoms with E-state index in [1.54, 1.807) is 6.07 Å². The highest BCUT2D eigenvalue weighted by molar-refractivity contribution is 5.44. The van der Waals surface area contributed by atoms with Crippen LogP contribution < -0.4 is 11.1 Å². The van der Waals surface area contributed by atoms with Crippen molar-refractivity contribution in [3.05, 3.63) is 11.9 Å². The summed E-state index contributed by atoms with van der Waals surface area (Å²) in [6.07, 6.45) is 5.57. The van der Waals surface area contributed by atoms with E-state index >= 15 is 0 Å². The Bertz CT molecular complexity index is 312. The van der Waals surface area contributed by atoms with E-state index in [0.29, 0.717) is 5.82 Å². The minimum absolute atomic E-state index is 0.552.